The van der Waals surface area contributed by atoms with Gasteiger partial charge in [-0.3, -0.25) is 9.78 Å². The molecule has 0 bridgehead atoms. The molecule has 0 spiro atoms. The van der Waals surface area contributed by atoms with Gasteiger partial charge in [-0.25, -0.2) is 17.6 Å². The quantitative estimate of drug-likeness (QED) is 0.682. The maximum Gasteiger partial charge on any atom is 0.282 e. The van der Waals surface area contributed by atoms with Gasteiger partial charge in [0.15, 0.2) is 10.6 Å². The second-order valence-electron chi connectivity index (χ2n) is 3.94. The maximum absolute atomic E-state index is 12.8. The minimum atomic E-state index is -2.90. The van der Waals surface area contributed by atoms with Crippen LogP contribution in [0.3, 0.4) is 0 Å². The molecule has 2 aromatic rings. The third-order valence-corrected chi connectivity index (χ3v) is 3.03. The first kappa shape index (κ1) is 14.7. The van der Waals surface area contributed by atoms with Gasteiger partial charge in [-0.05, 0) is 25.2 Å². The second kappa shape index (κ2) is 5.73. The largest absolute Gasteiger partial charge is 0.303 e. The Bertz CT molecular complexity index is 644. The zero-order valence-electron chi connectivity index (χ0n) is 10.4. The summed E-state index contributed by atoms with van der Waals surface area (Å²) < 4.78 is 53.5. The predicted octanol–water partition coefficient (Wildman–Crippen LogP) is 3.08. The summed E-state index contributed by atoms with van der Waals surface area (Å²) in [4.78, 5) is 0. The van der Waals surface area contributed by atoms with Crippen LogP contribution in [0.15, 0.2) is 6.07 Å². The van der Waals surface area contributed by atoms with E-state index >= 15 is 0 Å². The number of hydrogen-bond donors (Lipinski definition) is 1. The number of alkyl halides is 4. The number of H-pyrrole nitrogens is 1. The Hall–Kier alpha value is -1.71. The van der Waals surface area contributed by atoms with Gasteiger partial charge in [0.05, 0.1) is 0 Å². The zero-order chi connectivity index (χ0) is 14.9. The number of hydrogen-bond acceptors (Lipinski definition) is 3. The summed E-state index contributed by atoms with van der Waals surface area (Å²) in [6.07, 6.45) is -5.80. The smallest absolute Gasteiger partial charge is 0.282 e. The molecule has 10 heteroatoms. The normalized spacial score (nSPS) is 11.8. The third-order valence-electron chi connectivity index (χ3n) is 2.72. The summed E-state index contributed by atoms with van der Waals surface area (Å²) in [7, 11) is 0. The lowest BCUT2D eigenvalue weighted by Gasteiger charge is -2.07. The van der Waals surface area contributed by atoms with Crippen LogP contribution >= 0.6 is 12.2 Å². The molecular weight excluding hydrogens is 298 g/mol. The first-order chi connectivity index (χ1) is 9.43. The van der Waals surface area contributed by atoms with E-state index in [1.54, 1.807) is 11.5 Å². The van der Waals surface area contributed by atoms with Crippen LogP contribution in [-0.2, 0) is 13.1 Å². The monoisotopic (exact) mass is 309 g/mol. The molecule has 0 atom stereocenters. The van der Waals surface area contributed by atoms with E-state index < -0.39 is 24.2 Å². The number of rotatable bonds is 5. The lowest BCUT2D eigenvalue weighted by molar-refractivity contribution is 0.139. The third kappa shape index (κ3) is 2.74. The number of aromatic amines is 1. The fourth-order valence-electron chi connectivity index (χ4n) is 1.79. The average Bonchev–Trinajstić information content (AvgIpc) is 2.94. The molecule has 0 saturated carbocycles. The number of nitrogens with one attached hydrogen (secondary N) is 1. The van der Waals surface area contributed by atoms with Crippen molar-refractivity contribution in [3.63, 3.8) is 0 Å². The van der Waals surface area contributed by atoms with E-state index in [0.717, 1.165) is 4.68 Å². The highest BCUT2D eigenvalue weighted by Crippen LogP contribution is 2.25. The first-order valence-corrected chi connectivity index (χ1v) is 6.12. The van der Waals surface area contributed by atoms with Gasteiger partial charge in [-0.15, -0.1) is 0 Å². The van der Waals surface area contributed by atoms with E-state index in [9.17, 15) is 17.6 Å². The lowest BCUT2D eigenvalue weighted by atomic mass is 10.3. The number of aromatic nitrogens is 5. The molecule has 0 aliphatic rings. The summed E-state index contributed by atoms with van der Waals surface area (Å²) in [6, 6.07) is 0.701. The molecule has 5 nitrogen and oxygen atoms in total. The van der Waals surface area contributed by atoms with Crippen LogP contribution in [0.25, 0.3) is 0 Å². The van der Waals surface area contributed by atoms with Crippen LogP contribution in [0.5, 0.6) is 0 Å². The van der Waals surface area contributed by atoms with Crippen LogP contribution in [-0.4, -0.2) is 24.5 Å². The minimum Gasteiger partial charge on any atom is -0.303 e. The molecule has 0 aliphatic heterocycles. The minimum absolute atomic E-state index is 0.159. The number of halogens is 4. The van der Waals surface area contributed by atoms with Crippen molar-refractivity contribution in [1.82, 2.24) is 24.5 Å². The zero-order valence-corrected chi connectivity index (χ0v) is 11.2. The summed E-state index contributed by atoms with van der Waals surface area (Å²) >= 11 is 4.97. The molecule has 1 N–H and O–H groups in total. The van der Waals surface area contributed by atoms with E-state index in [1.807, 2.05) is 0 Å². The van der Waals surface area contributed by atoms with Gasteiger partial charge in [0.2, 0.25) is 0 Å². The van der Waals surface area contributed by atoms with Crippen molar-refractivity contribution in [3.05, 3.63) is 28.0 Å². The predicted molar refractivity (Wildman–Crippen MR) is 64.3 cm³/mol. The van der Waals surface area contributed by atoms with Gasteiger partial charge in [-0.2, -0.15) is 10.2 Å². The van der Waals surface area contributed by atoms with E-state index in [-0.39, 0.29) is 6.54 Å². The van der Waals surface area contributed by atoms with Gasteiger partial charge in [0, 0.05) is 6.54 Å². The molecule has 2 heterocycles. The highest BCUT2D eigenvalue weighted by molar-refractivity contribution is 7.71. The van der Waals surface area contributed by atoms with Crippen LogP contribution < -0.4 is 0 Å². The van der Waals surface area contributed by atoms with Crippen molar-refractivity contribution in [1.29, 1.82) is 0 Å². The van der Waals surface area contributed by atoms with Gasteiger partial charge >= 0.3 is 0 Å². The Morgan fingerprint density at radius 1 is 1.30 bits per heavy atom. The molecule has 0 radical (unpaired) electrons. The van der Waals surface area contributed by atoms with E-state index in [1.165, 1.54) is 0 Å². The van der Waals surface area contributed by atoms with Crippen molar-refractivity contribution in [3.8, 4) is 0 Å². The van der Waals surface area contributed by atoms with E-state index in [0.29, 0.717) is 23.2 Å². The molecular formula is C10H11F4N5S. The van der Waals surface area contributed by atoms with E-state index in [4.69, 9.17) is 12.2 Å². The number of nitrogens with zero attached hydrogens (tertiary/aromatic N) is 4. The Morgan fingerprint density at radius 2 is 2.00 bits per heavy atom. The van der Waals surface area contributed by atoms with Crippen molar-refractivity contribution in [2.45, 2.75) is 32.9 Å². The maximum atomic E-state index is 12.8. The Labute approximate surface area is 116 Å². The average molecular weight is 309 g/mol. The molecule has 0 fully saturated rings. The molecule has 0 amide bonds. The van der Waals surface area contributed by atoms with Crippen molar-refractivity contribution >= 4 is 12.2 Å². The Kier molecular flexibility index (Phi) is 4.21. The van der Waals surface area contributed by atoms with Crippen LogP contribution in [0.1, 0.15) is 37.0 Å². The fraction of sp³-hybridized carbons (Fsp3) is 0.500. The molecule has 110 valence electrons. The SMILES string of the molecule is CCn1c(Cn2nc(C(F)F)cc2C(F)F)n[nH]c1=S. The second-order valence-corrected chi connectivity index (χ2v) is 4.33. The van der Waals surface area contributed by atoms with Gasteiger partial charge in [0.1, 0.15) is 17.9 Å². The topological polar surface area (TPSA) is 51.4 Å². The molecule has 2 rings (SSSR count). The summed E-state index contributed by atoms with van der Waals surface area (Å²) in [5, 5.41) is 9.91. The first-order valence-electron chi connectivity index (χ1n) is 5.72. The fourth-order valence-corrected chi connectivity index (χ4v) is 2.07. The van der Waals surface area contributed by atoms with Gasteiger partial charge in [0.25, 0.3) is 12.9 Å². The van der Waals surface area contributed by atoms with Crippen molar-refractivity contribution in [2.24, 2.45) is 0 Å². The molecule has 2 aromatic heterocycles. The van der Waals surface area contributed by atoms with Gasteiger partial charge in [-0.1, -0.05) is 0 Å². The van der Waals surface area contributed by atoms with Crippen molar-refractivity contribution in [2.75, 3.05) is 0 Å². The highest BCUT2D eigenvalue weighted by Gasteiger charge is 2.22. The molecule has 0 aliphatic carbocycles. The van der Waals surface area contributed by atoms with Crippen LogP contribution in [0.4, 0.5) is 17.6 Å². The molecule has 20 heavy (non-hydrogen) atoms. The van der Waals surface area contributed by atoms with Crippen LogP contribution in [0, 0.1) is 4.77 Å². The lowest BCUT2D eigenvalue weighted by Crippen LogP contribution is -2.12. The summed E-state index contributed by atoms with van der Waals surface area (Å²) in [6.45, 7) is 2.13. The standard InChI is InChI=1S/C10H11F4N5S/c1-2-18-7(15-16-10(18)20)4-19-6(9(13)14)3-5(17-19)8(11)12/h3,8-9H,2,4H2,1H3,(H,16,20). The molecule has 0 saturated heterocycles. The van der Waals surface area contributed by atoms with E-state index in [2.05, 4.69) is 15.3 Å². The highest BCUT2D eigenvalue weighted by atomic mass is 32.1. The van der Waals surface area contributed by atoms with Gasteiger partial charge < -0.3 is 4.57 Å². The Balaban J connectivity index is 2.39. The molecule has 0 unspecified atom stereocenters. The van der Waals surface area contributed by atoms with Crippen LogP contribution in [0.2, 0.25) is 0 Å². The molecule has 0 aromatic carbocycles. The summed E-state index contributed by atoms with van der Waals surface area (Å²) in [5.41, 5.74) is -1.26. The van der Waals surface area contributed by atoms with Crippen molar-refractivity contribution < 1.29 is 17.6 Å². The Morgan fingerprint density at radius 3 is 2.55 bits per heavy atom. The summed E-state index contributed by atoms with van der Waals surface area (Å²) in [5.74, 6) is 0.350.